The number of carbonyl (C=O) groups is 1. The number of benzene rings is 1. The lowest BCUT2D eigenvalue weighted by Gasteiger charge is -2.36. The van der Waals surface area contributed by atoms with Crippen molar-refractivity contribution in [2.45, 2.75) is 45.0 Å². The Balaban J connectivity index is 1.25. The number of halogens is 6. The van der Waals surface area contributed by atoms with Gasteiger partial charge in [-0.1, -0.05) is 20.8 Å². The Hall–Kier alpha value is -2.89. The molecule has 2 atom stereocenters. The normalized spacial score (nSPS) is 20.9. The lowest BCUT2D eigenvalue weighted by molar-refractivity contribution is -0.141. The summed E-state index contributed by atoms with van der Waals surface area (Å²) in [4.78, 5) is 24.6. The fourth-order valence-electron chi connectivity index (χ4n) is 4.49. The highest BCUT2D eigenvalue weighted by molar-refractivity contribution is 5.94. The molecule has 2 fully saturated rings. The summed E-state index contributed by atoms with van der Waals surface area (Å²) in [6.07, 6.45) is -8.07. The smallest absolute Gasteiger partial charge is 0.354 e. The maximum atomic E-state index is 13.4. The van der Waals surface area contributed by atoms with Crippen LogP contribution in [0.3, 0.4) is 0 Å². The van der Waals surface area contributed by atoms with Crippen LogP contribution in [0.2, 0.25) is 0 Å². The standard InChI is InChI=1S/C26H31F6N5O/c1-24(2,3)23-34-20(26(30,31)32)13-21(35-23)37-10-8-36(9-11-37)15-18-12-17(18)14-33-22(38)16-4-6-19(7-5-16)25(27,28)29/h4-7,13,17-18H,8-12,14-15H2,1-3H3,(H,33,38). The number of hydrogen-bond donors (Lipinski definition) is 1. The van der Waals surface area contributed by atoms with Gasteiger partial charge in [0.25, 0.3) is 5.91 Å². The molecule has 0 bridgehead atoms. The van der Waals surface area contributed by atoms with E-state index in [-0.39, 0.29) is 23.1 Å². The summed E-state index contributed by atoms with van der Waals surface area (Å²) < 4.78 is 78.4. The predicted octanol–water partition coefficient (Wildman–Crippen LogP) is 5.00. The molecule has 1 aliphatic carbocycles. The molecule has 0 radical (unpaired) electrons. The van der Waals surface area contributed by atoms with E-state index in [1.54, 1.807) is 20.8 Å². The fourth-order valence-corrected chi connectivity index (χ4v) is 4.49. The Labute approximate surface area is 217 Å². The third-order valence-corrected chi connectivity index (χ3v) is 6.93. The van der Waals surface area contributed by atoms with Gasteiger partial charge in [-0.3, -0.25) is 9.69 Å². The lowest BCUT2D eigenvalue weighted by Crippen LogP contribution is -2.47. The molecule has 1 aliphatic heterocycles. The number of hydrogen-bond acceptors (Lipinski definition) is 5. The topological polar surface area (TPSA) is 61.4 Å². The molecule has 1 N–H and O–H groups in total. The monoisotopic (exact) mass is 543 g/mol. The minimum absolute atomic E-state index is 0.156. The zero-order valence-electron chi connectivity index (χ0n) is 21.5. The van der Waals surface area contributed by atoms with Crippen LogP contribution in [0.1, 0.15) is 54.6 Å². The van der Waals surface area contributed by atoms with Crippen LogP contribution >= 0.6 is 0 Å². The largest absolute Gasteiger partial charge is 0.433 e. The van der Waals surface area contributed by atoms with Gasteiger partial charge in [0.1, 0.15) is 17.3 Å². The van der Waals surface area contributed by atoms with Crippen LogP contribution in [0.5, 0.6) is 0 Å². The van der Waals surface area contributed by atoms with Gasteiger partial charge in [-0.25, -0.2) is 9.97 Å². The first kappa shape index (κ1) is 28.1. The number of amides is 1. The first-order chi connectivity index (χ1) is 17.6. The zero-order chi connectivity index (χ0) is 27.9. The quantitative estimate of drug-likeness (QED) is 0.520. The maximum absolute atomic E-state index is 13.4. The van der Waals surface area contributed by atoms with Crippen LogP contribution in [-0.4, -0.2) is 60.0 Å². The SMILES string of the molecule is CC(C)(C)c1nc(N2CCN(CC3CC3CNC(=O)c3ccc(C(F)(F)F)cc3)CC2)cc(C(F)(F)F)n1. The van der Waals surface area contributed by atoms with E-state index in [0.29, 0.717) is 38.6 Å². The second-order valence-corrected chi connectivity index (χ2v) is 11.0. The second kappa shape index (κ2) is 10.3. The number of piperazine rings is 1. The highest BCUT2D eigenvalue weighted by Crippen LogP contribution is 2.39. The van der Waals surface area contributed by atoms with Gasteiger partial charge >= 0.3 is 12.4 Å². The fraction of sp³-hybridized carbons (Fsp3) is 0.577. The molecule has 2 aromatic rings. The Morgan fingerprint density at radius 1 is 0.921 bits per heavy atom. The summed E-state index contributed by atoms with van der Waals surface area (Å²) in [5.74, 6) is 0.710. The minimum Gasteiger partial charge on any atom is -0.354 e. The van der Waals surface area contributed by atoms with Crippen molar-refractivity contribution >= 4 is 11.7 Å². The molecule has 4 rings (SSSR count). The van der Waals surface area contributed by atoms with Crippen LogP contribution in [0.15, 0.2) is 30.3 Å². The molecular formula is C26H31F6N5O. The van der Waals surface area contributed by atoms with Gasteiger partial charge < -0.3 is 10.2 Å². The van der Waals surface area contributed by atoms with Gasteiger partial charge in [0, 0.05) is 56.3 Å². The summed E-state index contributed by atoms with van der Waals surface area (Å²) in [6.45, 7) is 9.04. The third kappa shape index (κ3) is 6.95. The average molecular weight is 544 g/mol. The molecule has 1 aromatic carbocycles. The van der Waals surface area contributed by atoms with E-state index in [0.717, 1.165) is 31.2 Å². The number of rotatable bonds is 6. The van der Waals surface area contributed by atoms with Gasteiger partial charge in [-0.2, -0.15) is 26.3 Å². The van der Waals surface area contributed by atoms with Crippen LogP contribution < -0.4 is 10.2 Å². The molecule has 2 heterocycles. The molecule has 1 aromatic heterocycles. The predicted molar refractivity (Wildman–Crippen MR) is 130 cm³/mol. The molecule has 2 unspecified atom stereocenters. The highest BCUT2D eigenvalue weighted by Gasteiger charge is 2.39. The Bertz CT molecular complexity index is 1100. The molecule has 1 saturated carbocycles. The van der Waals surface area contributed by atoms with Crippen molar-refractivity contribution in [1.82, 2.24) is 20.2 Å². The summed E-state index contributed by atoms with van der Waals surface area (Å²) in [5.41, 5.74) is -2.18. The van der Waals surface area contributed by atoms with E-state index >= 15 is 0 Å². The Kier molecular flexibility index (Phi) is 7.66. The molecule has 12 heteroatoms. The van der Waals surface area contributed by atoms with E-state index in [2.05, 4.69) is 20.2 Å². The van der Waals surface area contributed by atoms with Crippen molar-refractivity contribution in [1.29, 1.82) is 0 Å². The third-order valence-electron chi connectivity index (χ3n) is 6.93. The number of anilines is 1. The van der Waals surface area contributed by atoms with Gasteiger partial charge in [0.05, 0.1) is 5.56 Å². The first-order valence-electron chi connectivity index (χ1n) is 12.5. The number of nitrogens with zero attached hydrogens (tertiary/aromatic N) is 4. The van der Waals surface area contributed by atoms with Crippen molar-refractivity contribution in [2.24, 2.45) is 11.8 Å². The van der Waals surface area contributed by atoms with Gasteiger partial charge in [0.15, 0.2) is 0 Å². The molecule has 38 heavy (non-hydrogen) atoms. The van der Waals surface area contributed by atoms with Crippen molar-refractivity contribution in [3.8, 4) is 0 Å². The Morgan fingerprint density at radius 3 is 2.11 bits per heavy atom. The number of carbonyl (C=O) groups excluding carboxylic acids is 1. The minimum atomic E-state index is -4.55. The van der Waals surface area contributed by atoms with Crippen molar-refractivity contribution < 1.29 is 31.1 Å². The van der Waals surface area contributed by atoms with E-state index in [4.69, 9.17) is 0 Å². The molecule has 0 spiro atoms. The van der Waals surface area contributed by atoms with Crippen LogP contribution in [-0.2, 0) is 17.8 Å². The number of aromatic nitrogens is 2. The first-order valence-corrected chi connectivity index (χ1v) is 12.5. The summed E-state index contributed by atoms with van der Waals surface area (Å²) in [5, 5.41) is 2.80. The summed E-state index contributed by atoms with van der Waals surface area (Å²) in [7, 11) is 0. The zero-order valence-corrected chi connectivity index (χ0v) is 21.5. The van der Waals surface area contributed by atoms with E-state index in [1.165, 1.54) is 12.1 Å². The number of alkyl halides is 6. The molecule has 1 saturated heterocycles. The number of nitrogens with one attached hydrogen (secondary N) is 1. The van der Waals surface area contributed by atoms with Crippen molar-refractivity contribution in [3.05, 3.63) is 53.0 Å². The van der Waals surface area contributed by atoms with Crippen LogP contribution in [0, 0.1) is 11.8 Å². The summed E-state index contributed by atoms with van der Waals surface area (Å²) >= 11 is 0. The van der Waals surface area contributed by atoms with Crippen molar-refractivity contribution in [3.63, 3.8) is 0 Å². The second-order valence-electron chi connectivity index (χ2n) is 11.0. The average Bonchev–Trinajstić information content (AvgIpc) is 3.58. The Morgan fingerprint density at radius 2 is 1.55 bits per heavy atom. The molecule has 1 amide bonds. The van der Waals surface area contributed by atoms with E-state index in [1.807, 2.05) is 4.90 Å². The van der Waals surface area contributed by atoms with Crippen LogP contribution in [0.4, 0.5) is 32.2 Å². The molecule has 6 nitrogen and oxygen atoms in total. The molecule has 208 valence electrons. The van der Waals surface area contributed by atoms with Crippen molar-refractivity contribution in [2.75, 3.05) is 44.2 Å². The van der Waals surface area contributed by atoms with Gasteiger partial charge in [-0.15, -0.1) is 0 Å². The van der Waals surface area contributed by atoms with Crippen LogP contribution in [0.25, 0.3) is 0 Å². The highest BCUT2D eigenvalue weighted by atomic mass is 19.4. The summed E-state index contributed by atoms with van der Waals surface area (Å²) in [6, 6.07) is 5.14. The van der Waals surface area contributed by atoms with E-state index < -0.39 is 34.9 Å². The van der Waals surface area contributed by atoms with Gasteiger partial charge in [0.2, 0.25) is 0 Å². The maximum Gasteiger partial charge on any atom is 0.433 e. The lowest BCUT2D eigenvalue weighted by atomic mass is 9.95. The van der Waals surface area contributed by atoms with E-state index in [9.17, 15) is 31.1 Å². The molecule has 2 aliphatic rings. The molecular weight excluding hydrogens is 512 g/mol. The van der Waals surface area contributed by atoms with Gasteiger partial charge in [-0.05, 0) is 42.5 Å².